The van der Waals surface area contributed by atoms with Crippen molar-refractivity contribution in [3.63, 3.8) is 0 Å². The van der Waals surface area contributed by atoms with Gasteiger partial charge in [0.1, 0.15) is 11.5 Å². The van der Waals surface area contributed by atoms with E-state index in [0.29, 0.717) is 18.4 Å². The second-order valence-electron chi connectivity index (χ2n) is 11.7. The van der Waals surface area contributed by atoms with Gasteiger partial charge in [0.05, 0.1) is 6.61 Å². The predicted molar refractivity (Wildman–Crippen MR) is 193 cm³/mol. The summed E-state index contributed by atoms with van der Waals surface area (Å²) in [5.74, 6) is 1.95. The molecule has 4 heteroatoms. The van der Waals surface area contributed by atoms with E-state index >= 15 is 0 Å². The molecular formula is C42H48HfNO2-3. The van der Waals surface area contributed by atoms with Gasteiger partial charge in [-0.15, -0.1) is 36.5 Å². The Kier molecular flexibility index (Phi) is 16.9. The number of aryl methyl sites for hydroxylation is 1. The zero-order valence-corrected chi connectivity index (χ0v) is 31.6. The first-order valence-corrected chi connectivity index (χ1v) is 15.7. The van der Waals surface area contributed by atoms with Crippen LogP contribution in [0.4, 0.5) is 5.69 Å². The topological polar surface area (TPSA) is 43.6 Å². The van der Waals surface area contributed by atoms with Crippen LogP contribution in [0.5, 0.6) is 11.5 Å². The van der Waals surface area contributed by atoms with E-state index in [2.05, 4.69) is 65.8 Å². The van der Waals surface area contributed by atoms with E-state index in [1.54, 1.807) is 6.07 Å². The Bertz CT molecular complexity index is 1500. The summed E-state index contributed by atoms with van der Waals surface area (Å²) in [5.41, 5.74) is 8.76. The van der Waals surface area contributed by atoms with Gasteiger partial charge in [0.15, 0.2) is 0 Å². The zero-order valence-electron chi connectivity index (χ0n) is 28.0. The normalized spacial score (nSPS) is 10.2. The Morgan fingerprint density at radius 2 is 1.17 bits per heavy atom. The van der Waals surface area contributed by atoms with Crippen molar-refractivity contribution in [2.75, 3.05) is 13.2 Å². The number of nitrogens with zero attached hydrogens (tertiary/aromatic N) is 1. The molecule has 46 heavy (non-hydrogen) atoms. The molecule has 5 aromatic carbocycles. The first kappa shape index (κ1) is 38.3. The molecule has 0 heterocycles. The van der Waals surface area contributed by atoms with Gasteiger partial charge in [0.25, 0.3) is 0 Å². The fraction of sp³-hybridized carbons (Fsp3) is 0.238. The standard InChI is InChI=1S/C28H34NO2.2C7H7.Hf/c1-19(2)22-11-8-12-23(20(3)4)28(22)29-16-9-17-31-27-15-14-21(5)18-25(27)24-10-6-7-13-26(24)30;2*1-7-5-3-2-4-6-7;/h6-8,10-15,18-20,30H,9,16-17H2,1-5H3;2*2-6H,1H2;/q3*-1;. The van der Waals surface area contributed by atoms with Crippen LogP contribution in [0.2, 0.25) is 0 Å². The number of ether oxygens (including phenoxy) is 1. The van der Waals surface area contributed by atoms with Crippen molar-refractivity contribution in [2.45, 2.75) is 52.9 Å². The summed E-state index contributed by atoms with van der Waals surface area (Å²) in [4.78, 5) is 0. The van der Waals surface area contributed by atoms with Crippen LogP contribution in [0.1, 0.15) is 73.8 Å². The van der Waals surface area contributed by atoms with E-state index in [0.717, 1.165) is 52.2 Å². The molecule has 0 aliphatic carbocycles. The summed E-state index contributed by atoms with van der Waals surface area (Å²) in [6, 6.07) is 39.7. The average molecular weight is 777 g/mol. The van der Waals surface area contributed by atoms with Gasteiger partial charge in [-0.3, -0.25) is 0 Å². The van der Waals surface area contributed by atoms with Gasteiger partial charge in [-0.05, 0) is 43.4 Å². The third-order valence-corrected chi connectivity index (χ3v) is 7.19. The molecule has 0 fully saturated rings. The number of rotatable bonds is 9. The van der Waals surface area contributed by atoms with Crippen LogP contribution >= 0.6 is 0 Å². The van der Waals surface area contributed by atoms with Gasteiger partial charge < -0.3 is 15.2 Å². The van der Waals surface area contributed by atoms with E-state index in [-0.39, 0.29) is 31.6 Å². The van der Waals surface area contributed by atoms with Crippen LogP contribution in [0, 0.1) is 20.8 Å². The first-order chi connectivity index (χ1) is 21.7. The summed E-state index contributed by atoms with van der Waals surface area (Å²) in [6.45, 7) is 19.7. The monoisotopic (exact) mass is 778 g/mol. The quantitative estimate of drug-likeness (QED) is 0.0920. The molecule has 0 unspecified atom stereocenters. The van der Waals surface area contributed by atoms with Gasteiger partial charge >= 0.3 is 0 Å². The summed E-state index contributed by atoms with van der Waals surface area (Å²) in [5, 5.41) is 15.3. The van der Waals surface area contributed by atoms with Crippen LogP contribution in [-0.4, -0.2) is 18.3 Å². The largest absolute Gasteiger partial charge is 0.684 e. The maximum Gasteiger partial charge on any atom is 0.127 e. The Balaban J connectivity index is 0.000000401. The van der Waals surface area contributed by atoms with Gasteiger partial charge in [-0.25, -0.2) is 0 Å². The van der Waals surface area contributed by atoms with Crippen LogP contribution in [0.25, 0.3) is 16.4 Å². The SMILES string of the molecule is Cc1ccc(OCCC[N-]c2c(C(C)C)cccc2C(C)C)c(-c2ccccc2O)c1.[CH2-]c1ccccc1.[CH2-]c1ccccc1.[Hf]. The van der Waals surface area contributed by atoms with Gasteiger partial charge in [-0.1, -0.05) is 99.0 Å². The molecule has 1 N–H and O–H groups in total. The van der Waals surface area contributed by atoms with E-state index in [9.17, 15) is 5.11 Å². The second kappa shape index (κ2) is 20.3. The van der Waals surface area contributed by atoms with Gasteiger partial charge in [0.2, 0.25) is 0 Å². The minimum absolute atomic E-state index is 0. The van der Waals surface area contributed by atoms with Crippen LogP contribution < -0.4 is 4.74 Å². The van der Waals surface area contributed by atoms with Gasteiger partial charge in [-0.2, -0.15) is 49.2 Å². The summed E-state index contributed by atoms with van der Waals surface area (Å²) < 4.78 is 6.12. The van der Waals surface area contributed by atoms with E-state index in [4.69, 9.17) is 10.1 Å². The number of para-hydroxylation sites is 2. The zero-order chi connectivity index (χ0) is 32.6. The minimum Gasteiger partial charge on any atom is -0.684 e. The van der Waals surface area contributed by atoms with E-state index in [1.165, 1.54) is 11.1 Å². The van der Waals surface area contributed by atoms with Gasteiger partial charge in [0, 0.05) is 37.0 Å². The second-order valence-corrected chi connectivity index (χ2v) is 11.7. The molecule has 5 aromatic rings. The molecule has 0 saturated heterocycles. The van der Waals surface area contributed by atoms with Crippen LogP contribution in [0.15, 0.2) is 121 Å². The van der Waals surface area contributed by atoms with Crippen LogP contribution in [-0.2, 0) is 25.8 Å². The number of phenols is 1. The Morgan fingerprint density at radius 3 is 1.65 bits per heavy atom. The Labute approximate surface area is 296 Å². The number of phenolic OH excluding ortho intramolecular Hbond substituents is 1. The third kappa shape index (κ3) is 12.5. The molecule has 3 nitrogen and oxygen atoms in total. The molecule has 0 aromatic heterocycles. The maximum absolute atomic E-state index is 10.3. The molecule has 0 aliphatic rings. The van der Waals surface area contributed by atoms with Crippen molar-refractivity contribution >= 4 is 5.69 Å². The molecule has 0 radical (unpaired) electrons. The maximum atomic E-state index is 10.3. The fourth-order valence-corrected chi connectivity index (χ4v) is 4.77. The average Bonchev–Trinajstić information content (AvgIpc) is 3.03. The Hall–Kier alpha value is -3.89. The smallest absolute Gasteiger partial charge is 0.127 e. The first-order valence-electron chi connectivity index (χ1n) is 15.7. The molecule has 240 valence electrons. The van der Waals surface area contributed by atoms with Crippen molar-refractivity contribution in [3.05, 3.63) is 168 Å². The molecule has 0 saturated carbocycles. The molecule has 0 bridgehead atoms. The molecule has 0 atom stereocenters. The van der Waals surface area contributed by atoms with Crippen molar-refractivity contribution in [1.82, 2.24) is 0 Å². The van der Waals surface area contributed by atoms with E-state index in [1.807, 2.05) is 97.9 Å². The van der Waals surface area contributed by atoms with Crippen molar-refractivity contribution in [3.8, 4) is 22.6 Å². The number of hydrogen-bond donors (Lipinski definition) is 1. The molecular weight excluding hydrogens is 729 g/mol. The van der Waals surface area contributed by atoms with E-state index < -0.39 is 0 Å². The van der Waals surface area contributed by atoms with Crippen molar-refractivity contribution in [1.29, 1.82) is 0 Å². The molecule has 0 spiro atoms. The van der Waals surface area contributed by atoms with Crippen molar-refractivity contribution in [2.24, 2.45) is 0 Å². The molecule has 0 aliphatic heterocycles. The predicted octanol–water partition coefficient (Wildman–Crippen LogP) is 11.8. The van der Waals surface area contributed by atoms with Crippen molar-refractivity contribution < 1.29 is 35.7 Å². The number of benzene rings is 5. The minimum atomic E-state index is 0. The third-order valence-electron chi connectivity index (χ3n) is 7.19. The number of aromatic hydroxyl groups is 1. The number of hydrogen-bond acceptors (Lipinski definition) is 2. The Morgan fingerprint density at radius 1 is 0.652 bits per heavy atom. The summed E-state index contributed by atoms with van der Waals surface area (Å²) in [7, 11) is 0. The summed E-state index contributed by atoms with van der Waals surface area (Å²) in [6.07, 6.45) is 0.831. The molecule has 5 rings (SSSR count). The molecule has 0 amide bonds. The fourth-order valence-electron chi connectivity index (χ4n) is 4.77. The van der Waals surface area contributed by atoms with Crippen LogP contribution in [0.3, 0.4) is 0 Å². The summed E-state index contributed by atoms with van der Waals surface area (Å²) >= 11 is 0.